The van der Waals surface area contributed by atoms with Crippen molar-refractivity contribution in [1.29, 1.82) is 0 Å². The van der Waals surface area contributed by atoms with Gasteiger partial charge >= 0.3 is 0 Å². The maximum atomic E-state index is 12.4. The summed E-state index contributed by atoms with van der Waals surface area (Å²) in [5, 5.41) is 23.0. The van der Waals surface area contributed by atoms with E-state index in [2.05, 4.69) is 67.8 Å². The summed E-state index contributed by atoms with van der Waals surface area (Å²) in [5.74, 6) is -0.0788. The minimum absolute atomic E-state index is 0.0788. The van der Waals surface area contributed by atoms with Crippen LogP contribution in [0.5, 0.6) is 0 Å². The fourth-order valence-electron chi connectivity index (χ4n) is 7.07. The van der Waals surface area contributed by atoms with Crippen molar-refractivity contribution in [2.75, 3.05) is 6.61 Å². The van der Waals surface area contributed by atoms with Gasteiger partial charge in [0, 0.05) is 6.42 Å². The van der Waals surface area contributed by atoms with Crippen molar-refractivity contribution in [2.24, 2.45) is 0 Å². The van der Waals surface area contributed by atoms with E-state index >= 15 is 0 Å². The third-order valence-corrected chi connectivity index (χ3v) is 10.7. The Morgan fingerprint density at radius 3 is 1.25 bits per heavy atom. The quantitative estimate of drug-likeness (QED) is 0.0427. The predicted molar refractivity (Wildman–Crippen MR) is 244 cm³/mol. The minimum Gasteiger partial charge on any atom is -0.394 e. The van der Waals surface area contributed by atoms with E-state index in [0.717, 1.165) is 51.4 Å². The summed E-state index contributed by atoms with van der Waals surface area (Å²) in [5.41, 5.74) is 0. The Hall–Kier alpha value is -1.91. The maximum absolute atomic E-state index is 12.4. The summed E-state index contributed by atoms with van der Waals surface area (Å²) >= 11 is 0. The number of unbranched alkanes of at least 4 members (excludes halogenated alkanes) is 28. The van der Waals surface area contributed by atoms with E-state index in [1.54, 1.807) is 6.08 Å². The number of aliphatic hydroxyl groups is 2. The highest BCUT2D eigenvalue weighted by molar-refractivity contribution is 5.76. The molecule has 0 aromatic carbocycles. The lowest BCUT2D eigenvalue weighted by Crippen LogP contribution is -2.45. The average molecular weight is 768 g/mol. The van der Waals surface area contributed by atoms with Crippen LogP contribution in [0.15, 0.2) is 60.8 Å². The Bertz CT molecular complexity index is 919. The molecule has 0 aromatic heterocycles. The van der Waals surface area contributed by atoms with Gasteiger partial charge in [0.25, 0.3) is 0 Å². The first-order valence-electron chi connectivity index (χ1n) is 24.0. The number of hydrogen-bond acceptors (Lipinski definition) is 3. The molecule has 0 fully saturated rings. The molecule has 1 amide bonds. The Morgan fingerprint density at radius 2 is 0.818 bits per heavy atom. The molecule has 2 unspecified atom stereocenters. The molecule has 0 aliphatic heterocycles. The lowest BCUT2D eigenvalue weighted by Gasteiger charge is -2.19. The third kappa shape index (κ3) is 43.1. The number of nitrogens with one attached hydrogen (secondary N) is 1. The molecule has 0 spiro atoms. The summed E-state index contributed by atoms with van der Waals surface area (Å²) in [7, 11) is 0. The second kappa shape index (κ2) is 46.5. The lowest BCUT2D eigenvalue weighted by molar-refractivity contribution is -0.123. The highest BCUT2D eigenvalue weighted by Gasteiger charge is 2.17. The van der Waals surface area contributed by atoms with Crippen LogP contribution in [0, 0.1) is 0 Å². The van der Waals surface area contributed by atoms with Crippen molar-refractivity contribution in [2.45, 2.75) is 251 Å². The zero-order valence-corrected chi connectivity index (χ0v) is 36.7. The topological polar surface area (TPSA) is 69.6 Å². The van der Waals surface area contributed by atoms with Crippen LogP contribution in [0.25, 0.3) is 0 Å². The molecule has 0 saturated carbocycles. The largest absolute Gasteiger partial charge is 0.394 e. The number of amides is 1. The minimum atomic E-state index is -0.872. The molecule has 0 radical (unpaired) electrons. The molecule has 2 atom stereocenters. The van der Waals surface area contributed by atoms with Crippen LogP contribution in [-0.4, -0.2) is 34.9 Å². The summed E-state index contributed by atoms with van der Waals surface area (Å²) in [6, 6.07) is -0.647. The molecule has 0 aliphatic rings. The van der Waals surface area contributed by atoms with E-state index in [1.807, 2.05) is 6.08 Å². The van der Waals surface area contributed by atoms with Crippen LogP contribution in [-0.2, 0) is 4.79 Å². The van der Waals surface area contributed by atoms with Crippen LogP contribution in [0.3, 0.4) is 0 Å². The van der Waals surface area contributed by atoms with Crippen molar-refractivity contribution in [3.63, 3.8) is 0 Å². The molecule has 0 heterocycles. The molecular weight excluding hydrogens is 675 g/mol. The van der Waals surface area contributed by atoms with Gasteiger partial charge in [0.05, 0.1) is 18.8 Å². The Kier molecular flexibility index (Phi) is 44.9. The summed E-state index contributed by atoms with van der Waals surface area (Å²) < 4.78 is 0. The Balaban J connectivity index is 3.61. The van der Waals surface area contributed by atoms with E-state index in [-0.39, 0.29) is 12.5 Å². The van der Waals surface area contributed by atoms with Gasteiger partial charge in [-0.25, -0.2) is 0 Å². The molecule has 0 rings (SSSR count). The zero-order chi connectivity index (χ0) is 40.0. The zero-order valence-electron chi connectivity index (χ0n) is 36.7. The van der Waals surface area contributed by atoms with Crippen LogP contribution in [0.4, 0.5) is 0 Å². The average Bonchev–Trinajstić information content (AvgIpc) is 3.19. The predicted octanol–water partition coefficient (Wildman–Crippen LogP) is 15.3. The van der Waals surface area contributed by atoms with Gasteiger partial charge in [-0.3, -0.25) is 4.79 Å². The highest BCUT2D eigenvalue weighted by Crippen LogP contribution is 2.15. The van der Waals surface area contributed by atoms with Gasteiger partial charge in [-0.05, 0) is 70.6 Å². The van der Waals surface area contributed by atoms with E-state index in [4.69, 9.17) is 0 Å². The SMILES string of the molecule is CC/C=C\C/C=C\CCCCCCCCCCCCCCCCC(=O)NC(CO)C(O)/C=C/CC/C=C/CC/C=C/CCCCCCCCCCCCCC. The first-order chi connectivity index (χ1) is 27.2. The third-order valence-electron chi connectivity index (χ3n) is 10.7. The first-order valence-corrected chi connectivity index (χ1v) is 24.0. The van der Waals surface area contributed by atoms with Crippen molar-refractivity contribution in [1.82, 2.24) is 5.32 Å². The molecule has 0 aliphatic carbocycles. The number of aliphatic hydroxyl groups excluding tert-OH is 2. The fourth-order valence-corrected chi connectivity index (χ4v) is 7.07. The number of allylic oxidation sites excluding steroid dienone is 9. The standard InChI is InChI=1S/C51H93NO3/c1-3-5-7-9-11-13-15-17-19-21-23-25-27-28-30-32-34-36-38-40-42-44-46-50(54)49(48-53)52-51(55)47-45-43-41-39-37-35-33-31-29-26-24-22-20-18-16-14-12-10-8-6-4-2/h6,8,12,14,28,30,36,38,44,46,49-50,53-54H,3-5,7,9-11,13,15-27,29,31-35,37,39-43,45,47-48H2,1-2H3,(H,52,55)/b8-6-,14-12-,30-28+,38-36+,46-44+. The maximum Gasteiger partial charge on any atom is 0.220 e. The molecule has 0 saturated heterocycles. The van der Waals surface area contributed by atoms with Gasteiger partial charge in [0.2, 0.25) is 5.91 Å². The Labute approximate surface area is 343 Å². The summed E-state index contributed by atoms with van der Waals surface area (Å²) in [4.78, 5) is 12.4. The molecule has 3 N–H and O–H groups in total. The van der Waals surface area contributed by atoms with E-state index in [9.17, 15) is 15.0 Å². The molecule has 4 heteroatoms. The van der Waals surface area contributed by atoms with E-state index in [0.29, 0.717) is 6.42 Å². The van der Waals surface area contributed by atoms with Crippen LogP contribution in [0.2, 0.25) is 0 Å². The van der Waals surface area contributed by atoms with Gasteiger partial charge in [-0.1, -0.05) is 222 Å². The monoisotopic (exact) mass is 768 g/mol. The lowest BCUT2D eigenvalue weighted by atomic mass is 10.0. The van der Waals surface area contributed by atoms with E-state index < -0.39 is 12.1 Å². The first kappa shape index (κ1) is 53.1. The summed E-state index contributed by atoms with van der Waals surface area (Å²) in [6.07, 6.45) is 64.9. The molecule has 320 valence electrons. The highest BCUT2D eigenvalue weighted by atomic mass is 16.3. The molecule has 55 heavy (non-hydrogen) atoms. The van der Waals surface area contributed by atoms with Crippen LogP contribution < -0.4 is 5.32 Å². The van der Waals surface area contributed by atoms with Crippen molar-refractivity contribution < 1.29 is 15.0 Å². The van der Waals surface area contributed by atoms with Gasteiger partial charge in [-0.2, -0.15) is 0 Å². The molecule has 0 aromatic rings. The van der Waals surface area contributed by atoms with Crippen molar-refractivity contribution in [3.05, 3.63) is 60.8 Å². The number of hydrogen-bond donors (Lipinski definition) is 3. The number of carbonyl (C=O) groups excluding carboxylic acids is 1. The normalized spacial score (nSPS) is 13.5. The van der Waals surface area contributed by atoms with Gasteiger partial charge in [0.1, 0.15) is 0 Å². The molecular formula is C51H93NO3. The smallest absolute Gasteiger partial charge is 0.220 e. The van der Waals surface area contributed by atoms with Crippen molar-refractivity contribution >= 4 is 5.91 Å². The Morgan fingerprint density at radius 1 is 0.455 bits per heavy atom. The summed E-state index contributed by atoms with van der Waals surface area (Å²) in [6.45, 7) is 4.20. The molecule has 0 bridgehead atoms. The van der Waals surface area contributed by atoms with E-state index in [1.165, 1.54) is 167 Å². The van der Waals surface area contributed by atoms with Gasteiger partial charge < -0.3 is 15.5 Å². The van der Waals surface area contributed by atoms with Crippen LogP contribution >= 0.6 is 0 Å². The number of carbonyl (C=O) groups is 1. The van der Waals surface area contributed by atoms with Gasteiger partial charge in [0.15, 0.2) is 0 Å². The number of rotatable bonds is 43. The second-order valence-electron chi connectivity index (χ2n) is 16.1. The molecule has 4 nitrogen and oxygen atoms in total. The van der Waals surface area contributed by atoms with Crippen LogP contribution in [0.1, 0.15) is 239 Å². The second-order valence-corrected chi connectivity index (χ2v) is 16.1. The fraction of sp³-hybridized carbons (Fsp3) is 0.784. The van der Waals surface area contributed by atoms with Crippen molar-refractivity contribution in [3.8, 4) is 0 Å². The van der Waals surface area contributed by atoms with Gasteiger partial charge in [-0.15, -0.1) is 0 Å².